The third kappa shape index (κ3) is 3.23. The molecule has 6 heteroatoms. The van der Waals surface area contributed by atoms with Crippen LogP contribution in [0, 0.1) is 6.92 Å². The lowest BCUT2D eigenvalue weighted by Crippen LogP contribution is -2.14. The second-order valence-corrected chi connectivity index (χ2v) is 6.35. The average molecular weight is 312 g/mol. The first-order chi connectivity index (χ1) is 9.42. The van der Waals surface area contributed by atoms with E-state index in [9.17, 15) is 8.42 Å². The Bertz CT molecular complexity index is 712. The van der Waals surface area contributed by atoms with Crippen molar-refractivity contribution in [2.24, 2.45) is 0 Å². The number of rotatable bonds is 4. The average Bonchev–Trinajstić information content (AvgIpc) is 2.41. The lowest BCUT2D eigenvalue weighted by atomic mass is 10.2. The molecule has 1 N–H and O–H groups in total. The van der Waals surface area contributed by atoms with Gasteiger partial charge in [0.25, 0.3) is 10.0 Å². The normalized spacial score (nSPS) is 11.2. The van der Waals surface area contributed by atoms with Crippen molar-refractivity contribution >= 4 is 27.3 Å². The van der Waals surface area contributed by atoms with Crippen LogP contribution in [0.25, 0.3) is 0 Å². The van der Waals surface area contributed by atoms with Crippen molar-refractivity contribution in [1.82, 2.24) is 0 Å². The predicted molar refractivity (Wildman–Crippen MR) is 80.0 cm³/mol. The Morgan fingerprint density at radius 2 is 1.75 bits per heavy atom. The van der Waals surface area contributed by atoms with Gasteiger partial charge in [-0.1, -0.05) is 29.3 Å². The number of benzene rings is 2. The summed E-state index contributed by atoms with van der Waals surface area (Å²) < 4.78 is 32.3. The van der Waals surface area contributed by atoms with E-state index in [0.717, 1.165) is 5.56 Å². The molecular weight excluding hydrogens is 298 g/mol. The van der Waals surface area contributed by atoms with Gasteiger partial charge in [0.05, 0.1) is 7.11 Å². The molecule has 106 valence electrons. The Hall–Kier alpha value is -1.72. The molecule has 0 radical (unpaired) electrons. The maximum Gasteiger partial charge on any atom is 0.265 e. The number of ether oxygens (including phenoxy) is 1. The van der Waals surface area contributed by atoms with E-state index in [4.69, 9.17) is 16.3 Å². The smallest absolute Gasteiger partial charge is 0.265 e. The molecule has 0 aliphatic carbocycles. The highest BCUT2D eigenvalue weighted by Crippen LogP contribution is 2.28. The Morgan fingerprint density at radius 3 is 2.35 bits per heavy atom. The van der Waals surface area contributed by atoms with Crippen molar-refractivity contribution in [2.45, 2.75) is 11.8 Å². The summed E-state index contributed by atoms with van der Waals surface area (Å²) in [4.78, 5) is 0.00748. The van der Waals surface area contributed by atoms with Gasteiger partial charge in [0, 0.05) is 10.7 Å². The number of anilines is 1. The van der Waals surface area contributed by atoms with Crippen molar-refractivity contribution < 1.29 is 13.2 Å². The minimum atomic E-state index is -3.75. The third-order valence-corrected chi connectivity index (χ3v) is 4.36. The molecule has 0 spiro atoms. The number of sulfonamides is 1. The van der Waals surface area contributed by atoms with Gasteiger partial charge < -0.3 is 4.74 Å². The summed E-state index contributed by atoms with van der Waals surface area (Å²) in [6, 6.07) is 11.5. The van der Waals surface area contributed by atoms with Crippen molar-refractivity contribution in [3.8, 4) is 5.75 Å². The lowest BCUT2D eigenvalue weighted by molar-refractivity contribution is 0.403. The first-order valence-electron chi connectivity index (χ1n) is 5.85. The number of nitrogens with one attached hydrogen (secondary N) is 1. The van der Waals surface area contributed by atoms with Gasteiger partial charge in [-0.3, -0.25) is 4.72 Å². The third-order valence-electron chi connectivity index (χ3n) is 2.72. The molecule has 0 heterocycles. The van der Waals surface area contributed by atoms with E-state index in [1.165, 1.54) is 19.2 Å². The van der Waals surface area contributed by atoms with E-state index in [2.05, 4.69) is 4.72 Å². The largest absolute Gasteiger partial charge is 0.495 e. The van der Waals surface area contributed by atoms with Crippen LogP contribution in [0.1, 0.15) is 5.56 Å². The van der Waals surface area contributed by atoms with E-state index in [1.54, 1.807) is 18.2 Å². The second-order valence-electron chi connectivity index (χ2n) is 4.27. The van der Waals surface area contributed by atoms with Gasteiger partial charge in [0.2, 0.25) is 0 Å². The maximum absolute atomic E-state index is 12.4. The fraction of sp³-hybridized carbons (Fsp3) is 0.143. The molecule has 0 aromatic heterocycles. The number of hydrogen-bond acceptors (Lipinski definition) is 3. The summed E-state index contributed by atoms with van der Waals surface area (Å²) in [6.07, 6.45) is 0. The number of hydrogen-bond donors (Lipinski definition) is 1. The fourth-order valence-corrected chi connectivity index (χ4v) is 3.18. The molecule has 0 fully saturated rings. The standard InChI is InChI=1S/C14H14ClNO3S/c1-10-3-6-12(7-4-10)16-20(17,18)14-9-11(15)5-8-13(14)19-2/h3-9,16H,1-2H3. The summed E-state index contributed by atoms with van der Waals surface area (Å²) in [6.45, 7) is 1.93. The summed E-state index contributed by atoms with van der Waals surface area (Å²) in [5, 5.41) is 0.329. The van der Waals surface area contributed by atoms with Gasteiger partial charge in [0.15, 0.2) is 0 Å². The van der Waals surface area contributed by atoms with Crippen LogP contribution in [0.2, 0.25) is 5.02 Å². The summed E-state index contributed by atoms with van der Waals surface area (Å²) >= 11 is 5.86. The Labute approximate surface area is 123 Å². The zero-order valence-electron chi connectivity index (χ0n) is 11.1. The van der Waals surface area contributed by atoms with E-state index >= 15 is 0 Å². The van der Waals surface area contributed by atoms with Gasteiger partial charge in [-0.15, -0.1) is 0 Å². The summed E-state index contributed by atoms with van der Waals surface area (Å²) in [5.74, 6) is 0.244. The Kier molecular flexibility index (Phi) is 4.20. The zero-order chi connectivity index (χ0) is 14.8. The van der Waals surface area contributed by atoms with Crippen LogP contribution in [-0.4, -0.2) is 15.5 Å². The maximum atomic E-state index is 12.4. The van der Waals surface area contributed by atoms with Gasteiger partial charge in [-0.25, -0.2) is 8.42 Å². The predicted octanol–water partition coefficient (Wildman–Crippen LogP) is 3.46. The van der Waals surface area contributed by atoms with Crippen LogP contribution >= 0.6 is 11.6 Å². The number of aryl methyl sites for hydroxylation is 1. The molecule has 4 nitrogen and oxygen atoms in total. The van der Waals surface area contributed by atoms with Crippen molar-refractivity contribution in [3.05, 3.63) is 53.1 Å². The number of methoxy groups -OCH3 is 1. The number of halogens is 1. The Morgan fingerprint density at radius 1 is 1.10 bits per heavy atom. The van der Waals surface area contributed by atoms with E-state index in [1.807, 2.05) is 19.1 Å². The molecule has 2 aromatic rings. The first-order valence-corrected chi connectivity index (χ1v) is 7.71. The molecule has 0 amide bonds. The molecule has 0 atom stereocenters. The molecule has 0 saturated heterocycles. The van der Waals surface area contributed by atoms with Gasteiger partial charge >= 0.3 is 0 Å². The van der Waals surface area contributed by atoms with Crippen LogP contribution in [0.5, 0.6) is 5.75 Å². The van der Waals surface area contributed by atoms with Crippen molar-refractivity contribution in [3.63, 3.8) is 0 Å². The highest BCUT2D eigenvalue weighted by molar-refractivity contribution is 7.92. The highest BCUT2D eigenvalue weighted by Gasteiger charge is 2.20. The summed E-state index contributed by atoms with van der Waals surface area (Å²) in [5.41, 5.74) is 1.53. The highest BCUT2D eigenvalue weighted by atomic mass is 35.5. The van der Waals surface area contributed by atoms with Crippen LogP contribution < -0.4 is 9.46 Å². The molecule has 2 rings (SSSR count). The van der Waals surface area contributed by atoms with Crippen LogP contribution in [0.3, 0.4) is 0 Å². The van der Waals surface area contributed by atoms with Gasteiger partial charge in [-0.05, 0) is 37.3 Å². The fourth-order valence-electron chi connectivity index (χ4n) is 1.69. The quantitative estimate of drug-likeness (QED) is 0.940. The van der Waals surface area contributed by atoms with Crippen molar-refractivity contribution in [2.75, 3.05) is 11.8 Å². The topological polar surface area (TPSA) is 55.4 Å². The van der Waals surface area contributed by atoms with E-state index in [0.29, 0.717) is 10.7 Å². The van der Waals surface area contributed by atoms with Gasteiger partial charge in [-0.2, -0.15) is 0 Å². The molecule has 0 unspecified atom stereocenters. The zero-order valence-corrected chi connectivity index (χ0v) is 12.6. The molecule has 2 aromatic carbocycles. The Balaban J connectivity index is 2.40. The molecule has 0 aliphatic rings. The van der Waals surface area contributed by atoms with E-state index in [-0.39, 0.29) is 10.6 Å². The van der Waals surface area contributed by atoms with Crippen LogP contribution in [0.4, 0.5) is 5.69 Å². The lowest BCUT2D eigenvalue weighted by Gasteiger charge is -2.12. The molecule has 0 aliphatic heterocycles. The second kappa shape index (κ2) is 5.73. The molecule has 20 heavy (non-hydrogen) atoms. The van der Waals surface area contributed by atoms with Gasteiger partial charge in [0.1, 0.15) is 10.6 Å². The first kappa shape index (κ1) is 14.7. The molecule has 0 saturated carbocycles. The molecule has 0 bridgehead atoms. The monoisotopic (exact) mass is 311 g/mol. The van der Waals surface area contributed by atoms with Crippen LogP contribution in [-0.2, 0) is 10.0 Å². The van der Waals surface area contributed by atoms with E-state index < -0.39 is 10.0 Å². The minimum absolute atomic E-state index is 0.00748. The SMILES string of the molecule is COc1ccc(Cl)cc1S(=O)(=O)Nc1ccc(C)cc1. The minimum Gasteiger partial charge on any atom is -0.495 e. The van der Waals surface area contributed by atoms with Crippen molar-refractivity contribution in [1.29, 1.82) is 0 Å². The van der Waals surface area contributed by atoms with Crippen LogP contribution in [0.15, 0.2) is 47.4 Å². The summed E-state index contributed by atoms with van der Waals surface area (Å²) in [7, 11) is -2.34. The molecular formula is C14H14ClNO3S.